The molecule has 27 heavy (non-hydrogen) atoms. The Bertz CT molecular complexity index is 898. The van der Waals surface area contributed by atoms with Crippen LogP contribution in [-0.2, 0) is 18.4 Å². The Balaban J connectivity index is 1.30. The van der Waals surface area contributed by atoms with Gasteiger partial charge in [-0.05, 0) is 18.4 Å². The van der Waals surface area contributed by atoms with Crippen molar-refractivity contribution in [1.82, 2.24) is 19.7 Å². The highest BCUT2D eigenvalue weighted by Gasteiger charge is 2.25. The molecule has 3 heterocycles. The van der Waals surface area contributed by atoms with Crippen LogP contribution in [-0.4, -0.2) is 44.8 Å². The van der Waals surface area contributed by atoms with Gasteiger partial charge in [-0.25, -0.2) is 4.98 Å². The number of ether oxygens (including phenoxy) is 1. The van der Waals surface area contributed by atoms with Gasteiger partial charge >= 0.3 is 0 Å². The van der Waals surface area contributed by atoms with Gasteiger partial charge in [-0.2, -0.15) is 5.10 Å². The molecule has 0 radical (unpaired) electrons. The third kappa shape index (κ3) is 4.26. The Morgan fingerprint density at radius 3 is 2.74 bits per heavy atom. The molecule has 0 saturated carbocycles. The van der Waals surface area contributed by atoms with E-state index in [4.69, 9.17) is 4.74 Å². The first-order chi connectivity index (χ1) is 13.2. The van der Waals surface area contributed by atoms with E-state index in [1.807, 2.05) is 41.7 Å². The van der Waals surface area contributed by atoms with Gasteiger partial charge < -0.3 is 9.64 Å². The van der Waals surface area contributed by atoms with Gasteiger partial charge in [0.05, 0.1) is 18.9 Å². The summed E-state index contributed by atoms with van der Waals surface area (Å²) in [6.07, 6.45) is 5.59. The summed E-state index contributed by atoms with van der Waals surface area (Å²) in [4.78, 5) is 19.1. The van der Waals surface area contributed by atoms with E-state index in [0.29, 0.717) is 25.4 Å². The quantitative estimate of drug-likeness (QED) is 0.679. The molecule has 1 aliphatic rings. The third-order valence-electron chi connectivity index (χ3n) is 4.73. The van der Waals surface area contributed by atoms with Crippen molar-refractivity contribution in [3.63, 3.8) is 0 Å². The zero-order chi connectivity index (χ0) is 18.6. The SMILES string of the molecule is Cn1cc(-c2nc(C(=O)N3CCC(OCc4ccccc4)CC3)cs2)cn1. The molecule has 0 N–H and O–H groups in total. The number of hydrogen-bond acceptors (Lipinski definition) is 5. The summed E-state index contributed by atoms with van der Waals surface area (Å²) >= 11 is 1.48. The van der Waals surface area contributed by atoms with Gasteiger partial charge in [-0.15, -0.1) is 11.3 Å². The predicted molar refractivity (Wildman–Crippen MR) is 104 cm³/mol. The van der Waals surface area contributed by atoms with Crippen molar-refractivity contribution in [2.75, 3.05) is 13.1 Å². The van der Waals surface area contributed by atoms with Gasteiger partial charge in [0.25, 0.3) is 5.91 Å². The number of likely N-dealkylation sites (tertiary alicyclic amines) is 1. The van der Waals surface area contributed by atoms with Crippen LogP contribution in [0.2, 0.25) is 0 Å². The zero-order valence-corrected chi connectivity index (χ0v) is 16.1. The summed E-state index contributed by atoms with van der Waals surface area (Å²) in [7, 11) is 1.87. The zero-order valence-electron chi connectivity index (χ0n) is 15.2. The van der Waals surface area contributed by atoms with Gasteiger partial charge in [0.15, 0.2) is 0 Å². The normalized spacial score (nSPS) is 15.2. The first-order valence-corrected chi connectivity index (χ1v) is 9.96. The second-order valence-corrected chi connectivity index (χ2v) is 7.59. The summed E-state index contributed by atoms with van der Waals surface area (Å²) in [5.74, 6) is 0.00268. The fraction of sp³-hybridized carbons (Fsp3) is 0.350. The van der Waals surface area contributed by atoms with Crippen molar-refractivity contribution in [2.45, 2.75) is 25.6 Å². The van der Waals surface area contributed by atoms with Crippen LogP contribution in [0, 0.1) is 0 Å². The van der Waals surface area contributed by atoms with Crippen molar-refractivity contribution in [1.29, 1.82) is 0 Å². The molecule has 0 aliphatic carbocycles. The average molecular weight is 382 g/mol. The van der Waals surface area contributed by atoms with E-state index in [0.717, 1.165) is 23.4 Å². The molecule has 0 bridgehead atoms. The lowest BCUT2D eigenvalue weighted by molar-refractivity contribution is -0.000489. The summed E-state index contributed by atoms with van der Waals surface area (Å²) in [6.45, 7) is 2.04. The highest BCUT2D eigenvalue weighted by molar-refractivity contribution is 7.13. The molecule has 7 heteroatoms. The predicted octanol–water partition coefficient (Wildman–Crippen LogP) is 3.37. The number of carbonyl (C=O) groups is 1. The highest BCUT2D eigenvalue weighted by atomic mass is 32.1. The smallest absolute Gasteiger partial charge is 0.273 e. The van der Waals surface area contributed by atoms with Gasteiger partial charge in [0.2, 0.25) is 0 Å². The number of aromatic nitrogens is 3. The summed E-state index contributed by atoms with van der Waals surface area (Å²) in [6, 6.07) is 10.2. The Kier molecular flexibility index (Phi) is 5.31. The largest absolute Gasteiger partial charge is 0.373 e. The molecule has 3 aromatic rings. The van der Waals surface area contributed by atoms with E-state index >= 15 is 0 Å². The Hall–Kier alpha value is -2.51. The molecular weight excluding hydrogens is 360 g/mol. The van der Waals surface area contributed by atoms with Crippen LogP contribution < -0.4 is 0 Å². The van der Waals surface area contributed by atoms with Crippen LogP contribution >= 0.6 is 11.3 Å². The lowest BCUT2D eigenvalue weighted by atomic mass is 10.1. The number of piperidine rings is 1. The van der Waals surface area contributed by atoms with Crippen LogP contribution in [0.25, 0.3) is 10.6 Å². The van der Waals surface area contributed by atoms with Crippen LogP contribution in [0.3, 0.4) is 0 Å². The molecule has 1 fully saturated rings. The number of rotatable bonds is 5. The summed E-state index contributed by atoms with van der Waals surface area (Å²) in [5.41, 5.74) is 2.64. The average Bonchev–Trinajstić information content (AvgIpc) is 3.36. The minimum atomic E-state index is 0.00268. The minimum absolute atomic E-state index is 0.00268. The van der Waals surface area contributed by atoms with Crippen molar-refractivity contribution < 1.29 is 9.53 Å². The van der Waals surface area contributed by atoms with Crippen LogP contribution in [0.5, 0.6) is 0 Å². The standard InChI is InChI=1S/C20H22N4O2S/c1-23-12-16(11-21-23)19-22-18(14-27-19)20(25)24-9-7-17(8-10-24)26-13-15-5-3-2-4-6-15/h2-6,11-12,14,17H,7-10,13H2,1H3. The lowest BCUT2D eigenvalue weighted by Crippen LogP contribution is -2.41. The molecule has 6 nitrogen and oxygen atoms in total. The van der Waals surface area contributed by atoms with E-state index in [9.17, 15) is 4.79 Å². The van der Waals surface area contributed by atoms with Crippen LogP contribution in [0.1, 0.15) is 28.9 Å². The molecule has 2 aromatic heterocycles. The maximum atomic E-state index is 12.7. The van der Waals surface area contributed by atoms with E-state index in [1.54, 1.807) is 10.9 Å². The Morgan fingerprint density at radius 1 is 1.26 bits per heavy atom. The second kappa shape index (κ2) is 8.02. The molecule has 1 saturated heterocycles. The maximum absolute atomic E-state index is 12.7. The summed E-state index contributed by atoms with van der Waals surface area (Å²) in [5, 5.41) is 6.82. The highest BCUT2D eigenvalue weighted by Crippen LogP contribution is 2.24. The first-order valence-electron chi connectivity index (χ1n) is 9.08. The molecule has 0 unspecified atom stereocenters. The Morgan fingerprint density at radius 2 is 2.04 bits per heavy atom. The molecular formula is C20H22N4O2S. The number of amides is 1. The van der Waals surface area contributed by atoms with E-state index in [-0.39, 0.29) is 12.0 Å². The van der Waals surface area contributed by atoms with Gasteiger partial charge in [0, 0.05) is 37.3 Å². The fourth-order valence-electron chi connectivity index (χ4n) is 3.21. The molecule has 0 atom stereocenters. The third-order valence-corrected chi connectivity index (χ3v) is 5.62. The molecule has 4 rings (SSSR count). The van der Waals surface area contributed by atoms with E-state index in [2.05, 4.69) is 22.2 Å². The van der Waals surface area contributed by atoms with Gasteiger partial charge in [0.1, 0.15) is 10.7 Å². The van der Waals surface area contributed by atoms with Crippen molar-refractivity contribution in [3.05, 3.63) is 59.4 Å². The number of aryl methyl sites for hydroxylation is 1. The first kappa shape index (κ1) is 17.9. The molecule has 1 aliphatic heterocycles. The van der Waals surface area contributed by atoms with Crippen molar-refractivity contribution >= 4 is 17.2 Å². The van der Waals surface area contributed by atoms with E-state index < -0.39 is 0 Å². The Labute approximate surface area is 162 Å². The maximum Gasteiger partial charge on any atom is 0.273 e. The van der Waals surface area contributed by atoms with Crippen LogP contribution in [0.15, 0.2) is 48.1 Å². The minimum Gasteiger partial charge on any atom is -0.373 e. The van der Waals surface area contributed by atoms with Gasteiger partial charge in [-0.1, -0.05) is 30.3 Å². The topological polar surface area (TPSA) is 60.2 Å². The molecule has 0 spiro atoms. The second-order valence-electron chi connectivity index (χ2n) is 6.73. The molecule has 1 amide bonds. The van der Waals surface area contributed by atoms with Crippen LogP contribution in [0.4, 0.5) is 0 Å². The lowest BCUT2D eigenvalue weighted by Gasteiger charge is -2.31. The van der Waals surface area contributed by atoms with E-state index in [1.165, 1.54) is 16.9 Å². The van der Waals surface area contributed by atoms with Gasteiger partial charge in [-0.3, -0.25) is 9.48 Å². The number of carbonyl (C=O) groups excluding carboxylic acids is 1. The van der Waals surface area contributed by atoms with Crippen molar-refractivity contribution in [2.24, 2.45) is 7.05 Å². The summed E-state index contributed by atoms with van der Waals surface area (Å²) < 4.78 is 7.74. The molecule has 1 aromatic carbocycles. The fourth-order valence-corrected chi connectivity index (χ4v) is 3.98. The number of nitrogens with zero attached hydrogens (tertiary/aromatic N) is 4. The molecule has 140 valence electrons. The number of hydrogen-bond donors (Lipinski definition) is 0. The number of benzene rings is 1. The number of thiazole rings is 1. The monoisotopic (exact) mass is 382 g/mol. The van der Waals surface area contributed by atoms with Crippen molar-refractivity contribution in [3.8, 4) is 10.6 Å².